The molecule has 96 valence electrons. The Morgan fingerprint density at radius 1 is 1.50 bits per heavy atom. The predicted octanol–water partition coefficient (Wildman–Crippen LogP) is 1.28. The minimum absolute atomic E-state index is 0.563. The normalized spacial score (nSPS) is 15.2. The molecular formula is C12H17N5O. The van der Waals surface area contributed by atoms with Crippen LogP contribution in [-0.4, -0.2) is 26.0 Å². The summed E-state index contributed by atoms with van der Waals surface area (Å²) in [6.07, 6.45) is 5.29. The third kappa shape index (κ3) is 2.28. The van der Waals surface area contributed by atoms with Gasteiger partial charge in [-0.25, -0.2) is 0 Å². The first-order valence-corrected chi connectivity index (χ1v) is 6.35. The molecule has 2 heterocycles. The van der Waals surface area contributed by atoms with Gasteiger partial charge >= 0.3 is 0 Å². The van der Waals surface area contributed by atoms with Crippen LogP contribution in [0.1, 0.15) is 31.3 Å². The highest BCUT2D eigenvalue weighted by Crippen LogP contribution is 2.22. The maximum atomic E-state index is 5.30. The molecule has 1 N–H and O–H groups in total. The molecule has 0 aromatic carbocycles. The van der Waals surface area contributed by atoms with Crippen LogP contribution in [0.25, 0.3) is 11.5 Å². The first-order valence-electron chi connectivity index (χ1n) is 6.35. The Balaban J connectivity index is 1.78. The summed E-state index contributed by atoms with van der Waals surface area (Å²) >= 11 is 0. The number of rotatable bonds is 5. The summed E-state index contributed by atoms with van der Waals surface area (Å²) in [5.41, 5.74) is 1.92. The van der Waals surface area contributed by atoms with Crippen LogP contribution in [0.5, 0.6) is 0 Å². The van der Waals surface area contributed by atoms with Crippen molar-refractivity contribution >= 4 is 0 Å². The lowest BCUT2D eigenvalue weighted by atomic mass is 10.2. The summed E-state index contributed by atoms with van der Waals surface area (Å²) in [4.78, 5) is 4.41. The second-order valence-corrected chi connectivity index (χ2v) is 4.69. The van der Waals surface area contributed by atoms with E-state index in [1.54, 1.807) is 4.68 Å². The Labute approximate surface area is 105 Å². The summed E-state index contributed by atoms with van der Waals surface area (Å²) in [5, 5.41) is 11.7. The van der Waals surface area contributed by atoms with Gasteiger partial charge in [-0.2, -0.15) is 10.1 Å². The quantitative estimate of drug-likeness (QED) is 0.862. The molecule has 0 unspecified atom stereocenters. The van der Waals surface area contributed by atoms with E-state index in [4.69, 9.17) is 4.52 Å². The summed E-state index contributed by atoms with van der Waals surface area (Å²) < 4.78 is 7.08. The van der Waals surface area contributed by atoms with E-state index in [0.717, 1.165) is 17.7 Å². The first kappa shape index (κ1) is 11.4. The third-order valence-corrected chi connectivity index (χ3v) is 3.06. The molecule has 1 fully saturated rings. The van der Waals surface area contributed by atoms with Gasteiger partial charge in [0.05, 0.1) is 17.8 Å². The molecule has 0 atom stereocenters. The summed E-state index contributed by atoms with van der Waals surface area (Å²) in [7, 11) is 1.90. The van der Waals surface area contributed by atoms with Crippen molar-refractivity contribution in [2.45, 2.75) is 38.8 Å². The zero-order valence-electron chi connectivity index (χ0n) is 10.7. The van der Waals surface area contributed by atoms with Crippen molar-refractivity contribution in [3.05, 3.63) is 17.7 Å². The predicted molar refractivity (Wildman–Crippen MR) is 65.7 cm³/mol. The maximum absolute atomic E-state index is 5.30. The molecular weight excluding hydrogens is 230 g/mol. The second-order valence-electron chi connectivity index (χ2n) is 4.69. The van der Waals surface area contributed by atoms with Crippen molar-refractivity contribution < 1.29 is 4.52 Å². The molecule has 1 aliphatic rings. The molecule has 3 rings (SSSR count). The Bertz CT molecular complexity index is 540. The van der Waals surface area contributed by atoms with Gasteiger partial charge in [0.15, 0.2) is 5.82 Å². The minimum Gasteiger partial charge on any atom is -0.334 e. The topological polar surface area (TPSA) is 68.8 Å². The van der Waals surface area contributed by atoms with Crippen LogP contribution in [0.3, 0.4) is 0 Å². The van der Waals surface area contributed by atoms with E-state index in [2.05, 4.69) is 27.5 Å². The minimum atomic E-state index is 0.563. The van der Waals surface area contributed by atoms with E-state index in [1.165, 1.54) is 12.8 Å². The van der Waals surface area contributed by atoms with Crippen molar-refractivity contribution in [1.29, 1.82) is 0 Å². The van der Waals surface area contributed by atoms with Crippen molar-refractivity contribution in [2.24, 2.45) is 7.05 Å². The largest absolute Gasteiger partial charge is 0.334 e. The molecule has 2 aromatic rings. The fraction of sp³-hybridized carbons (Fsp3) is 0.583. The summed E-state index contributed by atoms with van der Waals surface area (Å²) in [5.74, 6) is 1.27. The fourth-order valence-electron chi connectivity index (χ4n) is 1.93. The molecule has 0 amide bonds. The Hall–Kier alpha value is -1.69. The molecule has 1 saturated carbocycles. The van der Waals surface area contributed by atoms with Crippen LogP contribution in [-0.2, 0) is 20.0 Å². The molecule has 0 aliphatic heterocycles. The van der Waals surface area contributed by atoms with Gasteiger partial charge in [-0.3, -0.25) is 4.68 Å². The molecule has 6 heteroatoms. The number of aryl methyl sites for hydroxylation is 2. The molecule has 6 nitrogen and oxygen atoms in total. The van der Waals surface area contributed by atoms with Gasteiger partial charge in [-0.05, 0) is 19.3 Å². The van der Waals surface area contributed by atoms with Gasteiger partial charge in [-0.1, -0.05) is 12.1 Å². The molecule has 0 bridgehead atoms. The lowest BCUT2D eigenvalue weighted by molar-refractivity contribution is 0.419. The Morgan fingerprint density at radius 2 is 2.33 bits per heavy atom. The van der Waals surface area contributed by atoms with Crippen LogP contribution in [0.4, 0.5) is 0 Å². The second kappa shape index (κ2) is 4.53. The summed E-state index contributed by atoms with van der Waals surface area (Å²) in [6.45, 7) is 2.74. The molecule has 0 spiro atoms. The van der Waals surface area contributed by atoms with E-state index in [9.17, 15) is 0 Å². The molecule has 18 heavy (non-hydrogen) atoms. The number of hydrogen-bond donors (Lipinski definition) is 1. The van der Waals surface area contributed by atoms with Gasteiger partial charge < -0.3 is 9.84 Å². The molecule has 1 aliphatic carbocycles. The van der Waals surface area contributed by atoms with E-state index in [1.807, 2.05) is 13.2 Å². The van der Waals surface area contributed by atoms with E-state index in [0.29, 0.717) is 24.3 Å². The average molecular weight is 247 g/mol. The number of nitrogens with zero attached hydrogens (tertiary/aromatic N) is 4. The van der Waals surface area contributed by atoms with Crippen molar-refractivity contribution in [3.8, 4) is 11.5 Å². The van der Waals surface area contributed by atoms with Gasteiger partial charge in [-0.15, -0.1) is 0 Å². The standard InChI is InChI=1S/C12H17N5O/c1-3-10-9(7-17(2)15-10)12-14-11(16-18-12)6-13-8-4-5-8/h7-8,13H,3-6H2,1-2H3. The number of hydrogen-bond acceptors (Lipinski definition) is 5. The van der Waals surface area contributed by atoms with Gasteiger partial charge in [0.1, 0.15) is 0 Å². The van der Waals surface area contributed by atoms with Gasteiger partial charge in [0.2, 0.25) is 0 Å². The molecule has 2 aromatic heterocycles. The van der Waals surface area contributed by atoms with Crippen molar-refractivity contribution in [3.63, 3.8) is 0 Å². The lowest BCUT2D eigenvalue weighted by Gasteiger charge is -1.94. The van der Waals surface area contributed by atoms with Crippen molar-refractivity contribution in [1.82, 2.24) is 25.2 Å². The monoisotopic (exact) mass is 247 g/mol. The van der Waals surface area contributed by atoms with E-state index in [-0.39, 0.29) is 0 Å². The number of nitrogens with one attached hydrogen (secondary N) is 1. The van der Waals surface area contributed by atoms with Gasteiger partial charge in [0, 0.05) is 19.3 Å². The van der Waals surface area contributed by atoms with Crippen LogP contribution in [0.2, 0.25) is 0 Å². The molecule has 0 radical (unpaired) electrons. The third-order valence-electron chi connectivity index (χ3n) is 3.06. The maximum Gasteiger partial charge on any atom is 0.261 e. The fourth-order valence-corrected chi connectivity index (χ4v) is 1.93. The zero-order valence-corrected chi connectivity index (χ0v) is 10.7. The lowest BCUT2D eigenvalue weighted by Crippen LogP contribution is -2.16. The first-order chi connectivity index (χ1) is 8.76. The van der Waals surface area contributed by atoms with Crippen LogP contribution < -0.4 is 5.32 Å². The van der Waals surface area contributed by atoms with Crippen molar-refractivity contribution in [2.75, 3.05) is 0 Å². The van der Waals surface area contributed by atoms with Crippen LogP contribution in [0, 0.1) is 0 Å². The molecule has 0 saturated heterocycles. The zero-order chi connectivity index (χ0) is 12.5. The van der Waals surface area contributed by atoms with Crippen LogP contribution in [0.15, 0.2) is 10.7 Å². The van der Waals surface area contributed by atoms with E-state index >= 15 is 0 Å². The van der Waals surface area contributed by atoms with E-state index < -0.39 is 0 Å². The van der Waals surface area contributed by atoms with Crippen LogP contribution >= 0.6 is 0 Å². The van der Waals surface area contributed by atoms with Gasteiger partial charge in [0.25, 0.3) is 5.89 Å². The Morgan fingerprint density at radius 3 is 3.06 bits per heavy atom. The highest BCUT2D eigenvalue weighted by Gasteiger charge is 2.21. The number of aromatic nitrogens is 4. The smallest absolute Gasteiger partial charge is 0.261 e. The SMILES string of the molecule is CCc1nn(C)cc1-c1nc(CNC2CC2)no1. The highest BCUT2D eigenvalue weighted by atomic mass is 16.5. The average Bonchev–Trinajstić information content (AvgIpc) is 2.94. The summed E-state index contributed by atoms with van der Waals surface area (Å²) in [6, 6.07) is 0.650. The Kier molecular flexibility index (Phi) is 2.87. The highest BCUT2D eigenvalue weighted by molar-refractivity contribution is 5.55.